The predicted molar refractivity (Wildman–Crippen MR) is 142 cm³/mol. The quantitative estimate of drug-likeness (QED) is 0.426. The number of likely N-dealkylation sites (N-methyl/N-ethyl adjacent to an activating group) is 1. The average Bonchev–Trinajstić information content (AvgIpc) is 3.23. The number of rotatable bonds is 10. The fourth-order valence-corrected chi connectivity index (χ4v) is 5.38. The van der Waals surface area contributed by atoms with Gasteiger partial charge in [-0.2, -0.15) is 5.10 Å². The van der Waals surface area contributed by atoms with E-state index in [1.807, 2.05) is 47.8 Å². The molecule has 3 heterocycles. The van der Waals surface area contributed by atoms with Gasteiger partial charge >= 0.3 is 0 Å². The monoisotopic (exact) mass is 489 g/mol. The molecule has 2 aromatic heterocycles. The van der Waals surface area contributed by atoms with E-state index in [9.17, 15) is 4.79 Å². The molecule has 1 saturated heterocycles. The first kappa shape index (κ1) is 25.9. The first-order valence-corrected chi connectivity index (χ1v) is 12.9. The summed E-state index contributed by atoms with van der Waals surface area (Å²) in [6.45, 7) is 7.10. The number of benzene rings is 1. The van der Waals surface area contributed by atoms with Gasteiger partial charge in [-0.1, -0.05) is 18.2 Å². The number of carbonyl (C=O) groups is 1. The van der Waals surface area contributed by atoms with Crippen molar-refractivity contribution in [1.29, 1.82) is 0 Å². The molecule has 0 aliphatic carbocycles. The third kappa shape index (κ3) is 6.72. The maximum absolute atomic E-state index is 13.0. The molecule has 4 rings (SSSR count). The Labute approximate surface area is 215 Å². The Hall–Kier alpha value is -3.19. The van der Waals surface area contributed by atoms with Crippen LogP contribution in [0.15, 0.2) is 54.7 Å². The van der Waals surface area contributed by atoms with E-state index in [4.69, 9.17) is 4.74 Å². The van der Waals surface area contributed by atoms with Gasteiger partial charge in [-0.3, -0.25) is 19.4 Å². The topological polar surface area (TPSA) is 63.5 Å². The van der Waals surface area contributed by atoms with E-state index in [2.05, 4.69) is 52.4 Å². The van der Waals surface area contributed by atoms with Crippen LogP contribution in [-0.4, -0.2) is 63.8 Å². The van der Waals surface area contributed by atoms with Crippen LogP contribution in [0.5, 0.6) is 5.75 Å². The number of methoxy groups -OCH3 is 1. The third-order valence-corrected chi connectivity index (χ3v) is 7.36. The Morgan fingerprint density at radius 3 is 2.61 bits per heavy atom. The summed E-state index contributed by atoms with van der Waals surface area (Å²) in [5.74, 6) is 1.62. The zero-order chi connectivity index (χ0) is 25.5. The number of hydrogen-bond donors (Lipinski definition) is 0. The minimum atomic E-state index is 0.229. The highest BCUT2D eigenvalue weighted by Gasteiger charge is 2.31. The van der Waals surface area contributed by atoms with Crippen molar-refractivity contribution < 1.29 is 9.53 Å². The second kappa shape index (κ2) is 12.2. The van der Waals surface area contributed by atoms with Crippen molar-refractivity contribution in [2.45, 2.75) is 58.7 Å². The van der Waals surface area contributed by atoms with E-state index in [0.717, 1.165) is 61.7 Å². The molecule has 1 aliphatic rings. The van der Waals surface area contributed by atoms with Gasteiger partial charge in [0.05, 0.1) is 18.5 Å². The highest BCUT2D eigenvalue weighted by Crippen LogP contribution is 2.28. The van der Waals surface area contributed by atoms with Crippen LogP contribution in [0.4, 0.5) is 0 Å². The lowest BCUT2D eigenvalue weighted by atomic mass is 9.84. The zero-order valence-corrected chi connectivity index (χ0v) is 22.1. The van der Waals surface area contributed by atoms with Gasteiger partial charge in [0.1, 0.15) is 5.75 Å². The largest absolute Gasteiger partial charge is 0.497 e. The molecule has 7 heteroatoms. The number of carbonyl (C=O) groups excluding carboxylic acids is 1. The Morgan fingerprint density at radius 1 is 1.14 bits per heavy atom. The lowest BCUT2D eigenvalue weighted by Gasteiger charge is -2.40. The highest BCUT2D eigenvalue weighted by molar-refractivity contribution is 5.76. The van der Waals surface area contributed by atoms with Crippen LogP contribution in [-0.2, 0) is 24.3 Å². The van der Waals surface area contributed by atoms with Crippen molar-refractivity contribution in [2.24, 2.45) is 5.92 Å². The molecule has 0 radical (unpaired) electrons. The van der Waals surface area contributed by atoms with Crippen molar-refractivity contribution in [3.8, 4) is 5.75 Å². The number of aromatic nitrogens is 3. The van der Waals surface area contributed by atoms with E-state index in [1.165, 1.54) is 5.56 Å². The molecule has 1 aromatic carbocycles. The molecule has 0 saturated carbocycles. The summed E-state index contributed by atoms with van der Waals surface area (Å²) < 4.78 is 7.41. The van der Waals surface area contributed by atoms with Crippen LogP contribution in [0.2, 0.25) is 0 Å². The van der Waals surface area contributed by atoms with Crippen LogP contribution in [0, 0.1) is 19.8 Å². The van der Waals surface area contributed by atoms with Crippen LogP contribution in [0.25, 0.3) is 0 Å². The summed E-state index contributed by atoms with van der Waals surface area (Å²) in [6.07, 6.45) is 5.31. The fraction of sp³-hybridized carbons (Fsp3) is 0.483. The molecule has 0 N–H and O–H groups in total. The number of likely N-dealkylation sites (tertiary alicyclic amines) is 1. The molecule has 1 amide bonds. The fourth-order valence-electron chi connectivity index (χ4n) is 5.38. The first-order valence-electron chi connectivity index (χ1n) is 12.9. The van der Waals surface area contributed by atoms with Gasteiger partial charge in [0.15, 0.2) is 0 Å². The molecule has 0 bridgehead atoms. The number of amides is 1. The minimum absolute atomic E-state index is 0.229. The molecule has 36 heavy (non-hydrogen) atoms. The summed E-state index contributed by atoms with van der Waals surface area (Å²) >= 11 is 0. The van der Waals surface area contributed by atoms with Crippen LogP contribution >= 0.6 is 0 Å². The minimum Gasteiger partial charge on any atom is -0.497 e. The summed E-state index contributed by atoms with van der Waals surface area (Å²) in [4.78, 5) is 22.0. The molecular weight excluding hydrogens is 450 g/mol. The summed E-state index contributed by atoms with van der Waals surface area (Å²) in [7, 11) is 3.91. The normalized spacial score (nSPS) is 15.3. The molecule has 3 aromatic rings. The lowest BCUT2D eigenvalue weighted by Crippen LogP contribution is -2.46. The summed E-state index contributed by atoms with van der Waals surface area (Å²) in [6, 6.07) is 16.9. The smallest absolute Gasteiger partial charge is 0.224 e. The molecule has 1 aliphatic heterocycles. The summed E-state index contributed by atoms with van der Waals surface area (Å²) in [5.41, 5.74) is 4.45. The maximum atomic E-state index is 13.0. The van der Waals surface area contributed by atoms with Gasteiger partial charge in [-0.15, -0.1) is 0 Å². The molecule has 1 atom stereocenters. The number of pyridine rings is 1. The molecule has 0 spiro atoms. The number of hydrogen-bond acceptors (Lipinski definition) is 5. The van der Waals surface area contributed by atoms with Crippen LogP contribution < -0.4 is 4.74 Å². The van der Waals surface area contributed by atoms with Crippen LogP contribution in [0.3, 0.4) is 0 Å². The van der Waals surface area contributed by atoms with Crippen LogP contribution in [0.1, 0.15) is 41.9 Å². The zero-order valence-electron chi connectivity index (χ0n) is 22.1. The second-order valence-electron chi connectivity index (χ2n) is 9.98. The van der Waals surface area contributed by atoms with E-state index in [0.29, 0.717) is 24.9 Å². The molecular formula is C29H39N5O2. The highest BCUT2D eigenvalue weighted by atomic mass is 16.5. The van der Waals surface area contributed by atoms with Gasteiger partial charge in [-0.25, -0.2) is 0 Å². The Kier molecular flexibility index (Phi) is 8.75. The number of ether oxygens (including phenoxy) is 1. The second-order valence-corrected chi connectivity index (χ2v) is 9.98. The van der Waals surface area contributed by atoms with Gasteiger partial charge < -0.3 is 9.64 Å². The molecule has 1 unspecified atom stereocenters. The Morgan fingerprint density at radius 2 is 1.94 bits per heavy atom. The maximum Gasteiger partial charge on any atom is 0.224 e. The van der Waals surface area contributed by atoms with E-state index in [-0.39, 0.29) is 5.91 Å². The summed E-state index contributed by atoms with van der Waals surface area (Å²) in [5, 5.41) is 4.49. The van der Waals surface area contributed by atoms with Crippen molar-refractivity contribution in [3.63, 3.8) is 0 Å². The molecule has 1 fully saturated rings. The molecule has 192 valence electrons. The third-order valence-electron chi connectivity index (χ3n) is 7.36. The Balaban J connectivity index is 1.39. The predicted octanol–water partition coefficient (Wildman–Crippen LogP) is 4.28. The van der Waals surface area contributed by atoms with Gasteiger partial charge in [0.2, 0.25) is 5.91 Å². The van der Waals surface area contributed by atoms with E-state index in [1.54, 1.807) is 7.11 Å². The Bertz CT molecular complexity index is 1120. The van der Waals surface area contributed by atoms with Crippen molar-refractivity contribution in [1.82, 2.24) is 24.6 Å². The van der Waals surface area contributed by atoms with Crippen molar-refractivity contribution in [3.05, 3.63) is 77.4 Å². The van der Waals surface area contributed by atoms with Gasteiger partial charge in [0.25, 0.3) is 0 Å². The van der Waals surface area contributed by atoms with Gasteiger partial charge in [0, 0.05) is 50.5 Å². The lowest BCUT2D eigenvalue weighted by molar-refractivity contribution is -0.133. The first-order chi connectivity index (χ1) is 17.4. The number of nitrogens with zero attached hydrogens (tertiary/aromatic N) is 5. The molecule has 7 nitrogen and oxygen atoms in total. The number of piperidine rings is 1. The van der Waals surface area contributed by atoms with Crippen molar-refractivity contribution >= 4 is 5.91 Å². The van der Waals surface area contributed by atoms with E-state index >= 15 is 0 Å². The van der Waals surface area contributed by atoms with E-state index < -0.39 is 0 Å². The average molecular weight is 490 g/mol. The number of aryl methyl sites for hydroxylation is 3. The standard InChI is InChI=1S/C29H39N5O2/c1-22-18-23(2)34(31-22)17-13-29(35)33-15-11-25(12-16-33)28(20-24-8-7-10-27(19-24)36-4)32(3)21-26-9-5-6-14-30-26/h5-10,14,18-19,25,28H,11-13,15-17,20-21H2,1-4H3. The SMILES string of the molecule is COc1cccc(CC(C2CCN(C(=O)CCn3nc(C)cc3C)CC2)N(C)Cc2ccccn2)c1. The van der Waals surface area contributed by atoms with Crippen molar-refractivity contribution in [2.75, 3.05) is 27.2 Å². The van der Waals surface area contributed by atoms with Gasteiger partial charge in [-0.05, 0) is 82.0 Å².